The molecule has 2 saturated heterocycles. The quantitative estimate of drug-likeness (QED) is 0.534. The zero-order valence-electron chi connectivity index (χ0n) is 19.6. The number of aryl methyl sites for hydroxylation is 1. The van der Waals surface area contributed by atoms with E-state index in [0.717, 1.165) is 11.0 Å². The minimum absolute atomic E-state index is 0.0138. The molecule has 1 unspecified atom stereocenters. The summed E-state index contributed by atoms with van der Waals surface area (Å²) >= 11 is 0. The Morgan fingerprint density at radius 3 is 2.59 bits per heavy atom. The molecule has 2 heterocycles. The van der Waals surface area contributed by atoms with E-state index in [2.05, 4.69) is 0 Å². The largest absolute Gasteiger partial charge is 0.492 e. The predicted octanol–water partition coefficient (Wildman–Crippen LogP) is 4.21. The number of likely N-dealkylation sites (tertiary alicyclic amines) is 1. The van der Waals surface area contributed by atoms with Crippen LogP contribution >= 0.6 is 0 Å². The number of hydrogen-bond acceptors (Lipinski definition) is 5. The maximum atomic E-state index is 15.6. The van der Waals surface area contributed by atoms with Gasteiger partial charge in [-0.2, -0.15) is 18.4 Å². The fourth-order valence-corrected chi connectivity index (χ4v) is 5.53. The van der Waals surface area contributed by atoms with Crippen molar-refractivity contribution in [1.29, 1.82) is 10.0 Å². The fraction of sp³-hybridized carbons (Fsp3) is 0.417. The zero-order chi connectivity index (χ0) is 27.2. The van der Waals surface area contributed by atoms with Crippen molar-refractivity contribution in [2.45, 2.75) is 49.4 Å². The van der Waals surface area contributed by atoms with E-state index in [-0.39, 0.29) is 49.1 Å². The molecular formula is C24H23F5N4O3S. The van der Waals surface area contributed by atoms with Crippen LogP contribution in [0, 0.1) is 34.7 Å². The summed E-state index contributed by atoms with van der Waals surface area (Å²) in [4.78, 5) is 14.3. The van der Waals surface area contributed by atoms with Crippen molar-refractivity contribution in [3.63, 3.8) is 0 Å². The Morgan fingerprint density at radius 1 is 1.32 bits per heavy atom. The Morgan fingerprint density at radius 2 is 2.03 bits per heavy atom. The lowest BCUT2D eigenvalue weighted by Crippen LogP contribution is -2.59. The van der Waals surface area contributed by atoms with Gasteiger partial charge in [0, 0.05) is 24.6 Å². The van der Waals surface area contributed by atoms with E-state index >= 15 is 4.39 Å². The topological polar surface area (TPSA) is 106 Å². The third-order valence-electron chi connectivity index (χ3n) is 6.64. The van der Waals surface area contributed by atoms with Crippen LogP contribution in [0.25, 0.3) is 11.1 Å². The molecule has 2 aromatic rings. The highest BCUT2D eigenvalue weighted by Crippen LogP contribution is 2.35. The third-order valence-corrected chi connectivity index (χ3v) is 7.93. The number of amides is 1. The molecule has 0 radical (unpaired) electrons. The number of benzene rings is 2. The monoisotopic (exact) mass is 542 g/mol. The normalized spacial score (nSPS) is 25.3. The molecule has 198 valence electrons. The van der Waals surface area contributed by atoms with Crippen LogP contribution in [-0.4, -0.2) is 51.4 Å². The number of hydrogen-bond donors (Lipinski definition) is 2. The summed E-state index contributed by atoms with van der Waals surface area (Å²) in [6, 6.07) is 7.63. The standard InChI is InChI=1S/C24H23F5N4O3S/c1-14-9-16(11-17(25)10-14)18-4-2-3-15(21(18)26)12-20-19(32-37(31,35)24(27,28)29)5-7-33(20)22(34)23(13-30)6-8-36-23/h2-4,9-11,19-20H,5-8,12H2,1H3,(H2,31,32,35)/t19-,20-,23-,37?/m0/s1. The van der Waals surface area contributed by atoms with Gasteiger partial charge in [-0.05, 0) is 48.6 Å². The van der Waals surface area contributed by atoms with Crippen LogP contribution < -0.4 is 4.72 Å². The summed E-state index contributed by atoms with van der Waals surface area (Å²) in [6.07, 6.45) is -0.343. The highest BCUT2D eigenvalue weighted by molar-refractivity contribution is 7.91. The maximum Gasteiger partial charge on any atom is 0.492 e. The van der Waals surface area contributed by atoms with Gasteiger partial charge in [0.25, 0.3) is 5.91 Å². The Kier molecular flexibility index (Phi) is 7.04. The van der Waals surface area contributed by atoms with E-state index in [4.69, 9.17) is 9.52 Å². The van der Waals surface area contributed by atoms with Crippen LogP contribution in [0.3, 0.4) is 0 Å². The van der Waals surface area contributed by atoms with Gasteiger partial charge >= 0.3 is 5.51 Å². The molecule has 2 aliphatic rings. The summed E-state index contributed by atoms with van der Waals surface area (Å²) in [5, 5.41) is 9.50. The Labute approximate surface area is 210 Å². The number of rotatable bonds is 6. The molecule has 0 bridgehead atoms. The van der Waals surface area contributed by atoms with Crippen LogP contribution in [0.5, 0.6) is 0 Å². The van der Waals surface area contributed by atoms with Gasteiger partial charge in [-0.25, -0.2) is 22.5 Å². The number of carbonyl (C=O) groups excluding carboxylic acids is 1. The van der Waals surface area contributed by atoms with Crippen LogP contribution in [0.15, 0.2) is 36.4 Å². The minimum atomic E-state index is -5.37. The number of nitriles is 1. The molecule has 37 heavy (non-hydrogen) atoms. The first-order valence-corrected chi connectivity index (χ1v) is 12.9. The predicted molar refractivity (Wildman–Crippen MR) is 123 cm³/mol. The molecule has 0 aromatic heterocycles. The molecule has 2 fully saturated rings. The first-order valence-electron chi connectivity index (χ1n) is 11.3. The van der Waals surface area contributed by atoms with Crippen LogP contribution in [-0.2, 0) is 25.9 Å². The molecule has 4 rings (SSSR count). The van der Waals surface area contributed by atoms with Gasteiger partial charge in [-0.15, -0.1) is 0 Å². The summed E-state index contributed by atoms with van der Waals surface area (Å²) in [5.41, 5.74) is -6.30. The number of ether oxygens (including phenoxy) is 1. The van der Waals surface area contributed by atoms with E-state index in [1.807, 2.05) is 4.72 Å². The van der Waals surface area contributed by atoms with Crippen molar-refractivity contribution in [3.8, 4) is 17.2 Å². The average Bonchev–Trinajstić information content (AvgIpc) is 3.14. The average molecular weight is 543 g/mol. The van der Waals surface area contributed by atoms with Gasteiger partial charge in [-0.1, -0.05) is 24.3 Å². The number of carbonyl (C=O) groups is 1. The second-order valence-corrected chi connectivity index (χ2v) is 10.9. The molecule has 2 N–H and O–H groups in total. The lowest BCUT2D eigenvalue weighted by atomic mass is 9.92. The first kappa shape index (κ1) is 27.0. The SMILES string of the molecule is Cc1cc(F)cc(-c2cccc(C[C@H]3[C@@H](NS(=N)(=O)C(F)(F)F)CCN3C(=O)[C@@]3(C#N)CCO3)c2F)c1. The van der Waals surface area contributed by atoms with Crippen LogP contribution in [0.4, 0.5) is 22.0 Å². The number of nitrogens with one attached hydrogen (secondary N) is 2. The second kappa shape index (κ2) is 9.66. The van der Waals surface area contributed by atoms with Crippen molar-refractivity contribution < 1.29 is 35.7 Å². The summed E-state index contributed by atoms with van der Waals surface area (Å²) in [7, 11) is -5.28. The molecule has 13 heteroatoms. The highest BCUT2D eigenvalue weighted by Gasteiger charge is 2.53. The maximum absolute atomic E-state index is 15.6. The summed E-state index contributed by atoms with van der Waals surface area (Å²) < 4.78 is 95.6. The van der Waals surface area contributed by atoms with Crippen molar-refractivity contribution in [2.75, 3.05) is 13.2 Å². The number of nitrogens with zero attached hydrogens (tertiary/aromatic N) is 2. The third kappa shape index (κ3) is 5.05. The molecule has 0 aliphatic carbocycles. The van der Waals surface area contributed by atoms with E-state index in [9.17, 15) is 31.8 Å². The van der Waals surface area contributed by atoms with E-state index < -0.39 is 50.6 Å². The Hall–Kier alpha value is -3.08. The van der Waals surface area contributed by atoms with Crippen molar-refractivity contribution in [2.24, 2.45) is 0 Å². The lowest BCUT2D eigenvalue weighted by Gasteiger charge is -2.39. The van der Waals surface area contributed by atoms with Gasteiger partial charge in [-0.3, -0.25) is 4.79 Å². The van der Waals surface area contributed by atoms with Crippen molar-refractivity contribution in [1.82, 2.24) is 9.62 Å². The second-order valence-electron chi connectivity index (χ2n) is 9.12. The molecule has 0 saturated carbocycles. The first-order chi connectivity index (χ1) is 17.3. The zero-order valence-corrected chi connectivity index (χ0v) is 20.4. The van der Waals surface area contributed by atoms with Gasteiger partial charge < -0.3 is 9.64 Å². The summed E-state index contributed by atoms with van der Waals surface area (Å²) in [6.45, 7) is 1.67. The highest BCUT2D eigenvalue weighted by atomic mass is 32.2. The lowest BCUT2D eigenvalue weighted by molar-refractivity contribution is -0.172. The smallest absolute Gasteiger partial charge is 0.352 e. The van der Waals surface area contributed by atoms with Crippen molar-refractivity contribution in [3.05, 3.63) is 59.2 Å². The Balaban J connectivity index is 1.71. The number of halogens is 5. The van der Waals surface area contributed by atoms with Gasteiger partial charge in [0.1, 0.15) is 17.7 Å². The molecular weight excluding hydrogens is 519 g/mol. The molecule has 0 spiro atoms. The molecule has 2 aliphatic heterocycles. The minimum Gasteiger partial charge on any atom is -0.352 e. The molecule has 2 aromatic carbocycles. The van der Waals surface area contributed by atoms with E-state index in [1.165, 1.54) is 24.3 Å². The van der Waals surface area contributed by atoms with Gasteiger partial charge in [0.2, 0.25) is 15.5 Å². The number of alkyl halides is 3. The van der Waals surface area contributed by atoms with Crippen LogP contribution in [0.2, 0.25) is 0 Å². The molecule has 4 atom stereocenters. The van der Waals surface area contributed by atoms with Gasteiger partial charge in [0.05, 0.1) is 12.6 Å². The van der Waals surface area contributed by atoms with Gasteiger partial charge in [0.15, 0.2) is 0 Å². The fourth-order valence-electron chi connectivity index (χ4n) is 4.70. The van der Waals surface area contributed by atoms with Crippen molar-refractivity contribution >= 4 is 15.8 Å². The Bertz CT molecular complexity index is 1350. The van der Waals surface area contributed by atoms with E-state index in [0.29, 0.717) is 5.56 Å². The molecule has 7 nitrogen and oxygen atoms in total. The molecule has 1 amide bonds. The van der Waals surface area contributed by atoms with E-state index in [1.54, 1.807) is 19.1 Å². The van der Waals surface area contributed by atoms with Crippen LogP contribution in [0.1, 0.15) is 24.0 Å². The summed E-state index contributed by atoms with van der Waals surface area (Å²) in [5.74, 6) is -2.12.